The normalized spacial score (nSPS) is 24.5. The van der Waals surface area contributed by atoms with Crippen molar-refractivity contribution in [1.82, 2.24) is 25.6 Å². The molecule has 3 saturated carbocycles. The average Bonchev–Trinajstić information content (AvgIpc) is 3.54. The van der Waals surface area contributed by atoms with Crippen molar-refractivity contribution in [3.8, 4) is 11.8 Å². The second-order valence-electron chi connectivity index (χ2n) is 11.6. The van der Waals surface area contributed by atoms with Gasteiger partial charge in [0.2, 0.25) is 11.6 Å². The average molecular weight is 528 g/mol. The van der Waals surface area contributed by atoms with Gasteiger partial charge in [-0.2, -0.15) is 5.10 Å². The first-order valence-electron chi connectivity index (χ1n) is 14.4. The van der Waals surface area contributed by atoms with Crippen molar-refractivity contribution < 1.29 is 24.0 Å². The summed E-state index contributed by atoms with van der Waals surface area (Å²) < 4.78 is 12.7. The number of aromatic nitrogens is 3. The Balaban J connectivity index is 1.23. The van der Waals surface area contributed by atoms with Crippen LogP contribution in [0.4, 0.5) is 0 Å². The lowest BCUT2D eigenvalue weighted by Gasteiger charge is -2.41. The molecule has 3 fully saturated rings. The van der Waals surface area contributed by atoms with Gasteiger partial charge in [-0.3, -0.25) is 9.59 Å². The van der Waals surface area contributed by atoms with Gasteiger partial charge >= 0.3 is 0 Å². The van der Waals surface area contributed by atoms with Crippen LogP contribution in [0.3, 0.4) is 0 Å². The van der Waals surface area contributed by atoms with Crippen LogP contribution in [0.5, 0.6) is 11.8 Å². The highest BCUT2D eigenvalue weighted by atomic mass is 16.5. The van der Waals surface area contributed by atoms with Gasteiger partial charge in [-0.25, -0.2) is 4.68 Å². The molecule has 10 nitrogen and oxygen atoms in total. The lowest BCUT2D eigenvalue weighted by Crippen LogP contribution is -2.42. The smallest absolute Gasteiger partial charge is 0.290 e. The van der Waals surface area contributed by atoms with E-state index in [2.05, 4.69) is 27.8 Å². The molecule has 3 atom stereocenters. The van der Waals surface area contributed by atoms with Crippen molar-refractivity contribution in [1.29, 1.82) is 0 Å². The van der Waals surface area contributed by atoms with E-state index in [0.29, 0.717) is 36.4 Å². The van der Waals surface area contributed by atoms with E-state index in [9.17, 15) is 14.7 Å². The number of nitrogens with zero attached hydrogens (tertiary/aromatic N) is 3. The first-order chi connectivity index (χ1) is 18.5. The minimum Gasteiger partial charge on any atom is -0.491 e. The standard InChI is InChI=1S/C28H41N5O5/c1-18(22-13-20-8-5-9-21(12-20)14-22)31-26(35)23-16-30-33(28(23)37-17-19-6-3-2-4-7-19)11-10-29-27(36)24-15-25(34)32-38-24/h15-16,18-22H,2-14,17H2,1H3,(H,29,36)(H,31,35)(H,32,34). The third-order valence-corrected chi connectivity index (χ3v) is 8.78. The molecule has 0 radical (unpaired) electrons. The highest BCUT2D eigenvalue weighted by Crippen LogP contribution is 2.43. The van der Waals surface area contributed by atoms with Crippen LogP contribution in [0.25, 0.3) is 0 Å². The van der Waals surface area contributed by atoms with Gasteiger partial charge in [0.25, 0.3) is 17.7 Å². The molecule has 5 rings (SSSR count). The van der Waals surface area contributed by atoms with E-state index in [1.807, 2.05) is 0 Å². The molecule has 0 aromatic carbocycles. The summed E-state index contributed by atoms with van der Waals surface area (Å²) in [5.74, 6) is 1.99. The van der Waals surface area contributed by atoms with E-state index < -0.39 is 5.91 Å². The summed E-state index contributed by atoms with van der Waals surface area (Å²) in [7, 11) is 0. The fourth-order valence-electron chi connectivity index (χ4n) is 6.72. The maximum absolute atomic E-state index is 13.4. The van der Waals surface area contributed by atoms with Crippen molar-refractivity contribution in [3.05, 3.63) is 23.6 Å². The van der Waals surface area contributed by atoms with E-state index in [4.69, 9.17) is 9.26 Å². The highest BCUT2D eigenvalue weighted by Gasteiger charge is 2.35. The topological polar surface area (TPSA) is 132 Å². The highest BCUT2D eigenvalue weighted by molar-refractivity contribution is 5.96. The molecule has 10 heteroatoms. The van der Waals surface area contributed by atoms with Gasteiger partial charge < -0.3 is 25.0 Å². The number of rotatable bonds is 10. The van der Waals surface area contributed by atoms with E-state index >= 15 is 0 Å². The molecular formula is C28H41N5O5. The quantitative estimate of drug-likeness (QED) is 0.420. The van der Waals surface area contributed by atoms with Crippen molar-refractivity contribution in [2.24, 2.45) is 23.7 Å². The summed E-state index contributed by atoms with van der Waals surface area (Å²) in [5.41, 5.74) is 0.440. The Kier molecular flexibility index (Phi) is 8.54. The maximum Gasteiger partial charge on any atom is 0.290 e. The Labute approximate surface area is 223 Å². The van der Waals surface area contributed by atoms with E-state index in [0.717, 1.165) is 30.7 Å². The number of ether oxygens (including phenoxy) is 1. The van der Waals surface area contributed by atoms with Gasteiger partial charge in [-0.05, 0) is 67.9 Å². The van der Waals surface area contributed by atoms with Crippen LogP contribution in [0.1, 0.15) is 98.5 Å². The maximum atomic E-state index is 13.4. The van der Waals surface area contributed by atoms with E-state index in [1.165, 1.54) is 57.8 Å². The largest absolute Gasteiger partial charge is 0.491 e. The molecule has 3 N–H and O–H groups in total. The molecule has 38 heavy (non-hydrogen) atoms. The molecule has 3 aliphatic rings. The third kappa shape index (κ3) is 6.50. The molecule has 2 aromatic rings. The lowest BCUT2D eigenvalue weighted by molar-refractivity contribution is 0.0847. The number of aromatic hydroxyl groups is 1. The zero-order chi connectivity index (χ0) is 26.5. The van der Waals surface area contributed by atoms with Crippen molar-refractivity contribution in [2.75, 3.05) is 13.2 Å². The summed E-state index contributed by atoms with van der Waals surface area (Å²) in [4.78, 5) is 25.7. The molecule has 3 aliphatic carbocycles. The fourth-order valence-corrected chi connectivity index (χ4v) is 6.72. The molecule has 208 valence electrons. The molecule has 2 heterocycles. The third-order valence-electron chi connectivity index (χ3n) is 8.78. The number of hydrogen-bond donors (Lipinski definition) is 3. The van der Waals surface area contributed by atoms with Gasteiger partial charge in [0.15, 0.2) is 0 Å². The van der Waals surface area contributed by atoms with Gasteiger partial charge in [-0.1, -0.05) is 38.5 Å². The second kappa shape index (κ2) is 12.2. The predicted molar refractivity (Wildman–Crippen MR) is 140 cm³/mol. The van der Waals surface area contributed by atoms with Gasteiger partial charge in [-0.15, -0.1) is 0 Å². The number of carbonyl (C=O) groups excluding carboxylic acids is 2. The first kappa shape index (κ1) is 26.6. The summed E-state index contributed by atoms with van der Waals surface area (Å²) in [6.07, 6.45) is 15.3. The molecular weight excluding hydrogens is 486 g/mol. The summed E-state index contributed by atoms with van der Waals surface area (Å²) in [6.45, 7) is 3.25. The van der Waals surface area contributed by atoms with Crippen molar-refractivity contribution in [3.63, 3.8) is 0 Å². The van der Waals surface area contributed by atoms with Crippen molar-refractivity contribution >= 4 is 11.8 Å². The van der Waals surface area contributed by atoms with Crippen LogP contribution in [-0.4, -0.2) is 51.1 Å². The van der Waals surface area contributed by atoms with Crippen LogP contribution in [0.2, 0.25) is 0 Å². The number of hydrogen-bond acceptors (Lipinski definition) is 7. The molecule has 0 saturated heterocycles. The molecule has 0 aliphatic heterocycles. The van der Waals surface area contributed by atoms with Crippen LogP contribution >= 0.6 is 0 Å². The molecule has 2 amide bonds. The Morgan fingerprint density at radius 2 is 1.87 bits per heavy atom. The Hall–Kier alpha value is -3.04. The molecule has 2 bridgehead atoms. The first-order valence-corrected chi connectivity index (χ1v) is 14.4. The van der Waals surface area contributed by atoms with Gasteiger partial charge in [0, 0.05) is 12.6 Å². The Bertz CT molecular complexity index is 1080. The van der Waals surface area contributed by atoms with Crippen molar-refractivity contribution in [2.45, 2.75) is 90.1 Å². The number of amides is 2. The summed E-state index contributed by atoms with van der Waals surface area (Å²) in [5, 5.41) is 23.0. The zero-order valence-corrected chi connectivity index (χ0v) is 22.4. The molecule has 0 spiro atoms. The SMILES string of the molecule is CC(NC(=O)c1cnn(CCNC(=O)c2cc(O)no2)c1OCC1CCCCC1)C1CC2CCCC(C2)C1. The lowest BCUT2D eigenvalue weighted by atomic mass is 9.66. The summed E-state index contributed by atoms with van der Waals surface area (Å²) >= 11 is 0. The second-order valence-corrected chi connectivity index (χ2v) is 11.6. The number of nitrogens with one attached hydrogen (secondary N) is 2. The number of fused-ring (bicyclic) bond motifs is 2. The van der Waals surface area contributed by atoms with Crippen LogP contribution < -0.4 is 15.4 Å². The molecule has 2 aromatic heterocycles. The van der Waals surface area contributed by atoms with Crippen LogP contribution in [0, 0.1) is 23.7 Å². The predicted octanol–water partition coefficient (Wildman–Crippen LogP) is 4.30. The Morgan fingerprint density at radius 3 is 2.58 bits per heavy atom. The minimum atomic E-state index is -0.487. The van der Waals surface area contributed by atoms with Gasteiger partial charge in [0.1, 0.15) is 5.56 Å². The van der Waals surface area contributed by atoms with Gasteiger partial charge in [0.05, 0.1) is 25.4 Å². The monoisotopic (exact) mass is 527 g/mol. The zero-order valence-electron chi connectivity index (χ0n) is 22.4. The molecule has 3 unspecified atom stereocenters. The minimum absolute atomic E-state index is 0.0716. The van der Waals surface area contributed by atoms with E-state index in [-0.39, 0.29) is 30.1 Å². The summed E-state index contributed by atoms with van der Waals surface area (Å²) in [6, 6.07) is 1.25. The Morgan fingerprint density at radius 1 is 1.11 bits per heavy atom. The van der Waals surface area contributed by atoms with E-state index in [1.54, 1.807) is 10.9 Å². The van der Waals surface area contributed by atoms with Crippen LogP contribution in [-0.2, 0) is 6.54 Å². The number of carbonyl (C=O) groups is 2. The fraction of sp³-hybridized carbons (Fsp3) is 0.714. The van der Waals surface area contributed by atoms with Crippen LogP contribution in [0.15, 0.2) is 16.8 Å².